The fraction of sp³-hybridized carbons (Fsp3) is 0.0526. The van der Waals surface area contributed by atoms with Gasteiger partial charge in [-0.1, -0.05) is 47.5 Å². The Morgan fingerprint density at radius 2 is 1.78 bits per heavy atom. The molecular formula is C19H12Cl2N6. The fourth-order valence-corrected chi connectivity index (χ4v) is 3.43. The van der Waals surface area contributed by atoms with Gasteiger partial charge in [0.05, 0.1) is 27.3 Å². The van der Waals surface area contributed by atoms with E-state index in [9.17, 15) is 0 Å². The molecule has 0 aliphatic carbocycles. The summed E-state index contributed by atoms with van der Waals surface area (Å²) in [5.74, 6) is 0.750. The predicted octanol–water partition coefficient (Wildman–Crippen LogP) is 4.75. The molecule has 0 saturated heterocycles. The summed E-state index contributed by atoms with van der Waals surface area (Å²) >= 11 is 12.2. The normalized spacial score (nSPS) is 11.5. The summed E-state index contributed by atoms with van der Waals surface area (Å²) in [4.78, 5) is 4.59. The lowest BCUT2D eigenvalue weighted by Gasteiger charge is -2.05. The van der Waals surface area contributed by atoms with Crippen LogP contribution in [0.25, 0.3) is 33.8 Å². The van der Waals surface area contributed by atoms with Gasteiger partial charge < -0.3 is 0 Å². The van der Waals surface area contributed by atoms with Crippen LogP contribution in [0.5, 0.6) is 0 Å². The van der Waals surface area contributed by atoms with Crippen LogP contribution in [0.4, 0.5) is 0 Å². The molecule has 6 nitrogen and oxygen atoms in total. The van der Waals surface area contributed by atoms with Crippen molar-refractivity contribution >= 4 is 39.9 Å². The number of aryl methyl sites for hydroxylation is 1. The number of nitrogens with zero attached hydrogens (tertiary/aromatic N) is 6. The lowest BCUT2D eigenvalue weighted by molar-refractivity contribution is 0.893. The quantitative estimate of drug-likeness (QED) is 0.433. The van der Waals surface area contributed by atoms with Gasteiger partial charge in [0.1, 0.15) is 6.33 Å². The van der Waals surface area contributed by atoms with Gasteiger partial charge in [0.25, 0.3) is 0 Å². The van der Waals surface area contributed by atoms with Crippen molar-refractivity contribution in [3.8, 4) is 17.1 Å². The minimum atomic E-state index is 0.461. The summed E-state index contributed by atoms with van der Waals surface area (Å²) < 4.78 is 3.59. The number of halogens is 2. The molecule has 27 heavy (non-hydrogen) atoms. The van der Waals surface area contributed by atoms with Gasteiger partial charge in [0.2, 0.25) is 0 Å². The molecule has 5 aromatic rings. The van der Waals surface area contributed by atoms with Crippen LogP contribution in [0.15, 0.2) is 55.0 Å². The highest BCUT2D eigenvalue weighted by Crippen LogP contribution is 2.28. The molecule has 0 saturated carbocycles. The summed E-state index contributed by atoms with van der Waals surface area (Å²) in [5, 5.41) is 15.0. The lowest BCUT2D eigenvalue weighted by Crippen LogP contribution is -1.99. The van der Waals surface area contributed by atoms with E-state index >= 15 is 0 Å². The van der Waals surface area contributed by atoms with E-state index in [0.717, 1.165) is 28.0 Å². The van der Waals surface area contributed by atoms with E-state index in [1.807, 2.05) is 41.7 Å². The van der Waals surface area contributed by atoms with Crippen molar-refractivity contribution in [2.75, 3.05) is 0 Å². The summed E-state index contributed by atoms with van der Waals surface area (Å²) in [5.41, 5.74) is 4.28. The Kier molecular flexibility index (Phi) is 3.63. The maximum absolute atomic E-state index is 6.14. The summed E-state index contributed by atoms with van der Waals surface area (Å²) in [6.07, 6.45) is 3.45. The lowest BCUT2D eigenvalue weighted by atomic mass is 10.1. The van der Waals surface area contributed by atoms with Gasteiger partial charge in [-0.25, -0.2) is 9.67 Å². The van der Waals surface area contributed by atoms with Gasteiger partial charge in [-0.2, -0.15) is 5.10 Å². The van der Waals surface area contributed by atoms with Gasteiger partial charge in [0, 0.05) is 5.56 Å². The third-order valence-electron chi connectivity index (χ3n) is 4.51. The maximum Gasteiger partial charge on any atom is 0.175 e. The van der Waals surface area contributed by atoms with Crippen LogP contribution in [0.1, 0.15) is 5.56 Å². The Hall–Kier alpha value is -2.96. The zero-order chi connectivity index (χ0) is 18.5. The SMILES string of the molecule is Cc1ccccc1-c1nnc2c3cnn(-c4ccc(Cl)c(Cl)c4)c3ncn12. The third kappa shape index (κ3) is 2.49. The topological polar surface area (TPSA) is 60.9 Å². The van der Waals surface area contributed by atoms with Crippen LogP contribution in [0, 0.1) is 6.92 Å². The molecule has 5 rings (SSSR count). The molecule has 0 fully saturated rings. The highest BCUT2D eigenvalue weighted by molar-refractivity contribution is 6.42. The smallest absolute Gasteiger partial charge is 0.175 e. The van der Waals surface area contributed by atoms with Crippen molar-refractivity contribution in [2.45, 2.75) is 6.92 Å². The second-order valence-corrected chi connectivity index (χ2v) is 6.98. The highest BCUT2D eigenvalue weighted by Gasteiger charge is 2.16. The number of aromatic nitrogens is 6. The van der Waals surface area contributed by atoms with Crippen molar-refractivity contribution in [2.24, 2.45) is 0 Å². The Morgan fingerprint density at radius 3 is 2.59 bits per heavy atom. The molecule has 0 spiro atoms. The van der Waals surface area contributed by atoms with Crippen LogP contribution in [0.3, 0.4) is 0 Å². The number of hydrogen-bond donors (Lipinski definition) is 0. The van der Waals surface area contributed by atoms with E-state index in [-0.39, 0.29) is 0 Å². The summed E-state index contributed by atoms with van der Waals surface area (Å²) in [7, 11) is 0. The van der Waals surface area contributed by atoms with Crippen molar-refractivity contribution in [1.82, 2.24) is 29.4 Å². The predicted molar refractivity (Wildman–Crippen MR) is 106 cm³/mol. The van der Waals surface area contributed by atoms with Gasteiger partial charge in [0.15, 0.2) is 17.1 Å². The zero-order valence-corrected chi connectivity index (χ0v) is 15.6. The first kappa shape index (κ1) is 16.2. The van der Waals surface area contributed by atoms with E-state index in [0.29, 0.717) is 21.3 Å². The zero-order valence-electron chi connectivity index (χ0n) is 14.1. The van der Waals surface area contributed by atoms with Gasteiger partial charge in [-0.3, -0.25) is 4.40 Å². The molecule has 0 bridgehead atoms. The first-order valence-electron chi connectivity index (χ1n) is 8.22. The van der Waals surface area contributed by atoms with Crippen LogP contribution in [-0.2, 0) is 0 Å². The molecular weight excluding hydrogens is 383 g/mol. The Morgan fingerprint density at radius 1 is 0.926 bits per heavy atom. The average Bonchev–Trinajstić information content (AvgIpc) is 3.28. The number of benzene rings is 2. The highest BCUT2D eigenvalue weighted by atomic mass is 35.5. The Bertz CT molecular complexity index is 1320. The molecule has 0 atom stereocenters. The molecule has 3 heterocycles. The van der Waals surface area contributed by atoms with Crippen molar-refractivity contribution in [3.05, 3.63) is 70.6 Å². The first-order chi connectivity index (χ1) is 13.1. The molecule has 0 aliphatic heterocycles. The molecule has 2 aromatic carbocycles. The Balaban J connectivity index is 1.73. The van der Waals surface area contributed by atoms with E-state index in [1.54, 1.807) is 29.3 Å². The summed E-state index contributed by atoms with van der Waals surface area (Å²) in [6.45, 7) is 2.05. The molecule has 0 unspecified atom stereocenters. The number of fused-ring (bicyclic) bond motifs is 3. The van der Waals surface area contributed by atoms with Crippen LogP contribution >= 0.6 is 23.2 Å². The minimum absolute atomic E-state index is 0.461. The Labute approximate surface area is 164 Å². The van der Waals surface area contributed by atoms with E-state index in [2.05, 4.69) is 20.3 Å². The standard InChI is InChI=1S/C19H12Cl2N6/c1-11-4-2-3-5-13(11)18-24-25-19-14-9-23-27(17(14)22-10-26(18)19)12-6-7-15(20)16(21)8-12/h2-10H,1H3. The maximum atomic E-state index is 6.14. The van der Waals surface area contributed by atoms with E-state index < -0.39 is 0 Å². The second kappa shape index (κ2) is 6.04. The number of rotatable bonds is 2. The second-order valence-electron chi connectivity index (χ2n) is 6.17. The van der Waals surface area contributed by atoms with Crippen molar-refractivity contribution < 1.29 is 0 Å². The molecule has 3 aromatic heterocycles. The molecule has 0 N–H and O–H groups in total. The van der Waals surface area contributed by atoms with E-state index in [1.165, 1.54) is 0 Å². The van der Waals surface area contributed by atoms with Gasteiger partial charge in [-0.15, -0.1) is 10.2 Å². The average molecular weight is 395 g/mol. The van der Waals surface area contributed by atoms with Gasteiger partial charge >= 0.3 is 0 Å². The monoisotopic (exact) mass is 394 g/mol. The third-order valence-corrected chi connectivity index (χ3v) is 5.25. The first-order valence-corrected chi connectivity index (χ1v) is 8.98. The molecule has 0 radical (unpaired) electrons. The summed E-state index contributed by atoms with van der Waals surface area (Å²) in [6, 6.07) is 13.4. The van der Waals surface area contributed by atoms with E-state index in [4.69, 9.17) is 23.2 Å². The van der Waals surface area contributed by atoms with Crippen LogP contribution < -0.4 is 0 Å². The molecule has 0 aliphatic rings. The van der Waals surface area contributed by atoms with Crippen LogP contribution in [-0.4, -0.2) is 29.4 Å². The van der Waals surface area contributed by atoms with Crippen molar-refractivity contribution in [1.29, 1.82) is 0 Å². The largest absolute Gasteiger partial charge is 0.265 e. The molecule has 132 valence electrons. The fourth-order valence-electron chi connectivity index (χ4n) is 3.13. The molecule has 8 heteroatoms. The van der Waals surface area contributed by atoms with Crippen molar-refractivity contribution in [3.63, 3.8) is 0 Å². The number of hydrogen-bond acceptors (Lipinski definition) is 4. The molecule has 0 amide bonds. The van der Waals surface area contributed by atoms with Gasteiger partial charge in [-0.05, 0) is 30.7 Å². The minimum Gasteiger partial charge on any atom is -0.265 e. The van der Waals surface area contributed by atoms with Crippen LogP contribution in [0.2, 0.25) is 10.0 Å².